The Morgan fingerprint density at radius 1 is 1.19 bits per heavy atom. The molecule has 2 amide bonds. The number of aryl methyl sites for hydroxylation is 1. The zero-order valence-corrected chi connectivity index (χ0v) is 18.3. The van der Waals surface area contributed by atoms with Crippen LogP contribution in [0.15, 0.2) is 48.5 Å². The lowest BCUT2D eigenvalue weighted by Gasteiger charge is -2.31. The summed E-state index contributed by atoms with van der Waals surface area (Å²) in [5.74, 6) is -0.794. The van der Waals surface area contributed by atoms with Crippen LogP contribution >= 0.6 is 0 Å². The number of rotatable bonds is 5. The smallest absolute Gasteiger partial charge is 0.274 e. The van der Waals surface area contributed by atoms with Crippen molar-refractivity contribution < 1.29 is 14.0 Å². The monoisotopic (exact) mass is 434 g/mol. The number of hydrogen-bond donors (Lipinski definition) is 2. The van der Waals surface area contributed by atoms with E-state index in [2.05, 4.69) is 15.5 Å². The quantitative estimate of drug-likeness (QED) is 0.617. The van der Waals surface area contributed by atoms with Gasteiger partial charge in [0.05, 0.1) is 5.92 Å². The van der Waals surface area contributed by atoms with Crippen molar-refractivity contribution in [2.45, 2.75) is 33.1 Å². The summed E-state index contributed by atoms with van der Waals surface area (Å²) < 4.78 is 13.5. The molecule has 3 aromatic rings. The van der Waals surface area contributed by atoms with Crippen LogP contribution in [0.1, 0.15) is 41.5 Å². The van der Waals surface area contributed by atoms with Crippen LogP contribution in [-0.2, 0) is 11.2 Å². The minimum Gasteiger partial charge on any atom is -0.336 e. The summed E-state index contributed by atoms with van der Waals surface area (Å²) in [7, 11) is 0. The van der Waals surface area contributed by atoms with E-state index in [0.717, 1.165) is 41.6 Å². The molecular formula is C25H27FN4O2. The number of carbonyl (C=O) groups is 2. The molecule has 0 radical (unpaired) electrons. The van der Waals surface area contributed by atoms with Crippen LogP contribution in [-0.4, -0.2) is 40.0 Å². The molecule has 1 unspecified atom stereocenters. The molecule has 7 heteroatoms. The Morgan fingerprint density at radius 2 is 1.97 bits per heavy atom. The van der Waals surface area contributed by atoms with E-state index in [0.29, 0.717) is 24.5 Å². The summed E-state index contributed by atoms with van der Waals surface area (Å²) in [4.78, 5) is 27.6. The maximum absolute atomic E-state index is 13.5. The van der Waals surface area contributed by atoms with Gasteiger partial charge in [-0.15, -0.1) is 0 Å². The molecule has 0 spiro atoms. The van der Waals surface area contributed by atoms with Gasteiger partial charge in [-0.05, 0) is 61.6 Å². The second-order valence-electron chi connectivity index (χ2n) is 8.20. The fourth-order valence-corrected chi connectivity index (χ4v) is 4.17. The predicted molar refractivity (Wildman–Crippen MR) is 122 cm³/mol. The Morgan fingerprint density at radius 3 is 2.66 bits per heavy atom. The third kappa shape index (κ3) is 4.56. The first-order valence-corrected chi connectivity index (χ1v) is 11.0. The first kappa shape index (κ1) is 21.7. The number of anilines is 1. The number of aromatic amines is 1. The van der Waals surface area contributed by atoms with Gasteiger partial charge < -0.3 is 10.2 Å². The molecular weight excluding hydrogens is 407 g/mol. The highest BCUT2D eigenvalue weighted by atomic mass is 19.1. The van der Waals surface area contributed by atoms with Crippen LogP contribution in [0.3, 0.4) is 0 Å². The van der Waals surface area contributed by atoms with Gasteiger partial charge in [-0.25, -0.2) is 4.39 Å². The van der Waals surface area contributed by atoms with Crippen LogP contribution < -0.4 is 5.32 Å². The molecule has 1 saturated heterocycles. The van der Waals surface area contributed by atoms with Gasteiger partial charge >= 0.3 is 0 Å². The van der Waals surface area contributed by atoms with Crippen molar-refractivity contribution >= 4 is 17.5 Å². The van der Waals surface area contributed by atoms with Gasteiger partial charge in [-0.1, -0.05) is 31.2 Å². The van der Waals surface area contributed by atoms with Gasteiger partial charge in [-0.3, -0.25) is 14.7 Å². The van der Waals surface area contributed by atoms with Crippen molar-refractivity contribution in [1.82, 2.24) is 15.1 Å². The van der Waals surface area contributed by atoms with E-state index < -0.39 is 0 Å². The minimum atomic E-state index is -0.285. The molecule has 1 aliphatic heterocycles. The van der Waals surface area contributed by atoms with E-state index in [1.54, 1.807) is 11.0 Å². The fourth-order valence-electron chi connectivity index (χ4n) is 4.17. The molecule has 0 bridgehead atoms. The van der Waals surface area contributed by atoms with Crippen LogP contribution in [0, 0.1) is 18.7 Å². The molecule has 166 valence electrons. The molecule has 2 aromatic carbocycles. The summed E-state index contributed by atoms with van der Waals surface area (Å²) in [6, 6.07) is 13.7. The number of nitrogens with zero attached hydrogens (tertiary/aromatic N) is 2. The van der Waals surface area contributed by atoms with Crippen LogP contribution in [0.2, 0.25) is 0 Å². The molecule has 1 aliphatic rings. The van der Waals surface area contributed by atoms with E-state index in [-0.39, 0.29) is 23.5 Å². The van der Waals surface area contributed by atoms with E-state index in [1.807, 2.05) is 44.2 Å². The van der Waals surface area contributed by atoms with E-state index in [4.69, 9.17) is 0 Å². The predicted octanol–water partition coefficient (Wildman–Crippen LogP) is 4.58. The van der Waals surface area contributed by atoms with Crippen molar-refractivity contribution in [3.8, 4) is 11.1 Å². The summed E-state index contributed by atoms with van der Waals surface area (Å²) >= 11 is 0. The lowest BCUT2D eigenvalue weighted by molar-refractivity contribution is -0.121. The molecule has 1 fully saturated rings. The Labute approximate surface area is 186 Å². The third-order valence-electron chi connectivity index (χ3n) is 6.06. The Bertz CT molecular complexity index is 1120. The van der Waals surface area contributed by atoms with Gasteiger partial charge in [0.25, 0.3) is 5.91 Å². The van der Waals surface area contributed by atoms with Gasteiger partial charge in [0, 0.05) is 30.0 Å². The van der Waals surface area contributed by atoms with E-state index >= 15 is 0 Å². The zero-order valence-electron chi connectivity index (χ0n) is 18.3. The van der Waals surface area contributed by atoms with Crippen molar-refractivity contribution in [3.05, 3.63) is 71.3 Å². The molecule has 32 heavy (non-hydrogen) atoms. The van der Waals surface area contributed by atoms with Gasteiger partial charge in [-0.2, -0.15) is 5.10 Å². The highest BCUT2D eigenvalue weighted by molar-refractivity contribution is 5.96. The Kier molecular flexibility index (Phi) is 6.35. The van der Waals surface area contributed by atoms with Crippen molar-refractivity contribution in [1.29, 1.82) is 0 Å². The van der Waals surface area contributed by atoms with Crippen LogP contribution in [0.4, 0.5) is 10.1 Å². The summed E-state index contributed by atoms with van der Waals surface area (Å²) in [5, 5.41) is 10.1. The number of carbonyl (C=O) groups excluding carboxylic acids is 2. The summed E-state index contributed by atoms with van der Waals surface area (Å²) in [6.07, 6.45) is 2.29. The lowest BCUT2D eigenvalue weighted by Crippen LogP contribution is -2.44. The maximum atomic E-state index is 13.5. The molecule has 6 nitrogen and oxygen atoms in total. The number of amides is 2. The summed E-state index contributed by atoms with van der Waals surface area (Å²) in [6.45, 7) is 4.91. The van der Waals surface area contributed by atoms with Gasteiger partial charge in [0.15, 0.2) is 5.69 Å². The number of aromatic nitrogens is 2. The van der Waals surface area contributed by atoms with E-state index in [9.17, 15) is 14.0 Å². The van der Waals surface area contributed by atoms with Gasteiger partial charge in [0.1, 0.15) is 5.82 Å². The number of H-pyrrole nitrogens is 1. The molecule has 0 aliphatic carbocycles. The van der Waals surface area contributed by atoms with E-state index in [1.165, 1.54) is 12.1 Å². The average Bonchev–Trinajstić information content (AvgIpc) is 3.19. The molecule has 2 heterocycles. The molecule has 1 aromatic heterocycles. The maximum Gasteiger partial charge on any atom is 0.274 e. The summed E-state index contributed by atoms with van der Waals surface area (Å²) in [5.41, 5.74) is 4.61. The molecule has 2 N–H and O–H groups in total. The topological polar surface area (TPSA) is 78.1 Å². The van der Waals surface area contributed by atoms with Gasteiger partial charge in [0.2, 0.25) is 5.91 Å². The lowest BCUT2D eigenvalue weighted by atomic mass is 9.96. The minimum absolute atomic E-state index is 0.103. The second-order valence-corrected chi connectivity index (χ2v) is 8.20. The number of halogens is 1. The number of hydrogen-bond acceptors (Lipinski definition) is 3. The number of benzene rings is 2. The standard InChI is InChI=1S/C25H27FN4O2/c1-3-22-16(2)23(29-28-22)25(32)30-13-5-7-19(15-30)24(31)27-21-11-9-17(10-12-21)18-6-4-8-20(26)14-18/h4,6,8-12,14,19H,3,5,7,13,15H2,1-2H3,(H,27,31)(H,28,29). The normalized spacial score (nSPS) is 16.1. The number of likely N-dealkylation sites (tertiary alicyclic amines) is 1. The molecule has 1 atom stereocenters. The third-order valence-corrected chi connectivity index (χ3v) is 6.06. The largest absolute Gasteiger partial charge is 0.336 e. The fraction of sp³-hybridized carbons (Fsp3) is 0.320. The highest BCUT2D eigenvalue weighted by Crippen LogP contribution is 2.24. The zero-order chi connectivity index (χ0) is 22.7. The van der Waals surface area contributed by atoms with Crippen molar-refractivity contribution in [3.63, 3.8) is 0 Å². The highest BCUT2D eigenvalue weighted by Gasteiger charge is 2.30. The Balaban J connectivity index is 1.40. The van der Waals surface area contributed by atoms with Crippen LogP contribution in [0.5, 0.6) is 0 Å². The number of nitrogens with one attached hydrogen (secondary N) is 2. The first-order valence-electron chi connectivity index (χ1n) is 11.0. The van der Waals surface area contributed by atoms with Crippen molar-refractivity contribution in [2.75, 3.05) is 18.4 Å². The Hall–Kier alpha value is -3.48. The first-order chi connectivity index (χ1) is 15.5. The molecule has 0 saturated carbocycles. The van der Waals surface area contributed by atoms with Crippen LogP contribution in [0.25, 0.3) is 11.1 Å². The molecule has 4 rings (SSSR count). The second kappa shape index (κ2) is 9.34. The average molecular weight is 435 g/mol. The SMILES string of the molecule is CCc1[nH]nc(C(=O)N2CCCC(C(=O)Nc3ccc(-c4cccc(F)c4)cc3)C2)c1C. The van der Waals surface area contributed by atoms with Crippen molar-refractivity contribution in [2.24, 2.45) is 5.92 Å². The number of piperidine rings is 1.